The van der Waals surface area contributed by atoms with Gasteiger partial charge in [-0.2, -0.15) is 0 Å². The summed E-state index contributed by atoms with van der Waals surface area (Å²) in [5.41, 5.74) is 1.10. The van der Waals surface area contributed by atoms with Gasteiger partial charge in [0.25, 0.3) is 0 Å². The largest absolute Gasteiger partial charge is 0.462 e. The first-order valence-corrected chi connectivity index (χ1v) is 7.43. The molecule has 1 N–H and O–H groups in total. The minimum atomic E-state index is -0.479. The Morgan fingerprint density at radius 1 is 1.15 bits per heavy atom. The SMILES string of the molecule is CCOC(=O)c1ccccc1C(=O)c1ccc(SC)[nH]1. The summed E-state index contributed by atoms with van der Waals surface area (Å²) in [5.74, 6) is -0.693. The third-order valence-electron chi connectivity index (χ3n) is 2.79. The molecule has 0 bridgehead atoms. The molecule has 0 aliphatic rings. The number of hydrogen-bond acceptors (Lipinski definition) is 4. The first-order chi connectivity index (χ1) is 9.67. The van der Waals surface area contributed by atoms with Crippen LogP contribution in [-0.2, 0) is 4.74 Å². The van der Waals surface area contributed by atoms with Crippen molar-refractivity contribution in [3.63, 3.8) is 0 Å². The van der Waals surface area contributed by atoms with Gasteiger partial charge in [0.15, 0.2) is 0 Å². The Morgan fingerprint density at radius 2 is 1.85 bits per heavy atom. The van der Waals surface area contributed by atoms with E-state index in [0.717, 1.165) is 5.03 Å². The van der Waals surface area contributed by atoms with E-state index in [0.29, 0.717) is 16.8 Å². The van der Waals surface area contributed by atoms with Gasteiger partial charge in [0.1, 0.15) is 0 Å². The van der Waals surface area contributed by atoms with Crippen molar-refractivity contribution >= 4 is 23.5 Å². The van der Waals surface area contributed by atoms with Crippen LogP contribution in [0, 0.1) is 0 Å². The van der Waals surface area contributed by atoms with Crippen molar-refractivity contribution in [2.24, 2.45) is 0 Å². The van der Waals surface area contributed by atoms with E-state index < -0.39 is 5.97 Å². The lowest BCUT2D eigenvalue weighted by atomic mass is 10.0. The van der Waals surface area contributed by atoms with Crippen LogP contribution in [0.2, 0.25) is 0 Å². The predicted octanol–water partition coefficient (Wildman–Crippen LogP) is 3.14. The maximum atomic E-state index is 12.5. The standard InChI is InChI=1S/C15H15NO3S/c1-3-19-15(18)11-7-5-4-6-10(11)14(17)12-8-9-13(16-12)20-2/h4-9,16H,3H2,1-2H3. The number of thioether (sulfide) groups is 1. The van der Waals surface area contributed by atoms with Gasteiger partial charge in [-0.25, -0.2) is 4.79 Å². The van der Waals surface area contributed by atoms with Crippen molar-refractivity contribution in [1.82, 2.24) is 4.98 Å². The Balaban J connectivity index is 2.37. The number of carbonyl (C=O) groups excluding carboxylic acids is 2. The number of esters is 1. The van der Waals surface area contributed by atoms with Crippen LogP contribution in [0.3, 0.4) is 0 Å². The lowest BCUT2D eigenvalue weighted by Crippen LogP contribution is -2.12. The zero-order chi connectivity index (χ0) is 14.5. The van der Waals surface area contributed by atoms with Gasteiger partial charge in [0.05, 0.1) is 22.9 Å². The average molecular weight is 289 g/mol. The Morgan fingerprint density at radius 3 is 2.45 bits per heavy atom. The van der Waals surface area contributed by atoms with Crippen molar-refractivity contribution in [2.45, 2.75) is 11.9 Å². The highest BCUT2D eigenvalue weighted by atomic mass is 32.2. The maximum absolute atomic E-state index is 12.5. The number of nitrogens with one attached hydrogen (secondary N) is 1. The van der Waals surface area contributed by atoms with Gasteiger partial charge in [-0.15, -0.1) is 11.8 Å². The third-order valence-corrected chi connectivity index (χ3v) is 3.47. The number of aromatic nitrogens is 1. The molecule has 2 aromatic rings. The zero-order valence-electron chi connectivity index (χ0n) is 11.3. The summed E-state index contributed by atoms with van der Waals surface area (Å²) in [6.45, 7) is 2.01. The Hall–Kier alpha value is -2.01. The van der Waals surface area contributed by atoms with E-state index in [9.17, 15) is 9.59 Å². The van der Waals surface area contributed by atoms with Crippen LogP contribution in [0.4, 0.5) is 0 Å². The molecule has 0 aliphatic carbocycles. The van der Waals surface area contributed by atoms with Crippen LogP contribution >= 0.6 is 11.8 Å². The highest BCUT2D eigenvalue weighted by Gasteiger charge is 2.19. The molecule has 1 heterocycles. The zero-order valence-corrected chi connectivity index (χ0v) is 12.1. The van der Waals surface area contributed by atoms with Gasteiger partial charge in [-0.1, -0.05) is 18.2 Å². The first-order valence-electron chi connectivity index (χ1n) is 6.21. The maximum Gasteiger partial charge on any atom is 0.338 e. The molecule has 0 atom stereocenters. The van der Waals surface area contributed by atoms with Crippen molar-refractivity contribution in [2.75, 3.05) is 12.9 Å². The topological polar surface area (TPSA) is 59.2 Å². The smallest absolute Gasteiger partial charge is 0.338 e. The Labute approximate surface area is 121 Å². The number of carbonyl (C=O) groups is 2. The molecule has 0 aliphatic heterocycles. The van der Waals surface area contributed by atoms with Gasteiger partial charge >= 0.3 is 5.97 Å². The van der Waals surface area contributed by atoms with Crippen LogP contribution in [0.15, 0.2) is 41.4 Å². The third kappa shape index (κ3) is 2.93. The molecule has 0 saturated heterocycles. The fraction of sp³-hybridized carbons (Fsp3) is 0.200. The summed E-state index contributed by atoms with van der Waals surface area (Å²) in [6.07, 6.45) is 1.92. The van der Waals surface area contributed by atoms with Crippen molar-refractivity contribution < 1.29 is 14.3 Å². The minimum Gasteiger partial charge on any atom is -0.462 e. The van der Waals surface area contributed by atoms with Crippen LogP contribution in [0.25, 0.3) is 0 Å². The number of hydrogen-bond donors (Lipinski definition) is 1. The molecule has 0 saturated carbocycles. The molecule has 0 radical (unpaired) electrons. The number of benzene rings is 1. The molecule has 1 aromatic carbocycles. The van der Waals surface area contributed by atoms with E-state index in [-0.39, 0.29) is 12.4 Å². The van der Waals surface area contributed by atoms with Gasteiger partial charge in [-0.05, 0) is 31.4 Å². The fourth-order valence-electron chi connectivity index (χ4n) is 1.84. The molecule has 5 heteroatoms. The number of rotatable bonds is 5. The lowest BCUT2D eigenvalue weighted by molar-refractivity contribution is 0.0523. The highest BCUT2D eigenvalue weighted by molar-refractivity contribution is 7.98. The molecule has 20 heavy (non-hydrogen) atoms. The molecule has 0 spiro atoms. The molecule has 2 rings (SSSR count). The molecular formula is C15H15NO3S. The predicted molar refractivity (Wildman–Crippen MR) is 78.4 cm³/mol. The summed E-state index contributed by atoms with van der Waals surface area (Å²) in [4.78, 5) is 27.4. The summed E-state index contributed by atoms with van der Waals surface area (Å²) in [7, 11) is 0. The molecular weight excluding hydrogens is 274 g/mol. The Bertz CT molecular complexity index is 634. The van der Waals surface area contributed by atoms with E-state index >= 15 is 0 Å². The molecule has 0 amide bonds. The van der Waals surface area contributed by atoms with E-state index in [1.807, 2.05) is 12.3 Å². The van der Waals surface area contributed by atoms with E-state index in [4.69, 9.17) is 4.74 Å². The van der Waals surface area contributed by atoms with Crippen LogP contribution < -0.4 is 0 Å². The molecule has 1 aromatic heterocycles. The minimum absolute atomic E-state index is 0.214. The first kappa shape index (κ1) is 14.4. The van der Waals surface area contributed by atoms with E-state index in [2.05, 4.69) is 4.98 Å². The van der Waals surface area contributed by atoms with Gasteiger partial charge in [0, 0.05) is 5.56 Å². The molecule has 4 nitrogen and oxygen atoms in total. The average Bonchev–Trinajstić information content (AvgIpc) is 2.95. The monoisotopic (exact) mass is 289 g/mol. The second-order valence-electron chi connectivity index (χ2n) is 4.04. The second kappa shape index (κ2) is 6.43. The summed E-state index contributed by atoms with van der Waals surface area (Å²) < 4.78 is 4.98. The normalized spacial score (nSPS) is 10.3. The van der Waals surface area contributed by atoms with Crippen LogP contribution in [0.5, 0.6) is 0 Å². The second-order valence-corrected chi connectivity index (χ2v) is 4.88. The molecule has 0 fully saturated rings. The molecule has 104 valence electrons. The van der Waals surface area contributed by atoms with Gasteiger partial charge in [-0.3, -0.25) is 4.79 Å². The van der Waals surface area contributed by atoms with Crippen molar-refractivity contribution in [3.8, 4) is 0 Å². The van der Waals surface area contributed by atoms with Gasteiger partial charge < -0.3 is 9.72 Å². The number of aromatic amines is 1. The fourth-order valence-corrected chi connectivity index (χ4v) is 2.26. The lowest BCUT2D eigenvalue weighted by Gasteiger charge is -2.07. The number of ketones is 1. The van der Waals surface area contributed by atoms with Crippen molar-refractivity contribution in [3.05, 3.63) is 53.2 Å². The number of H-pyrrole nitrogens is 1. The molecule has 0 unspecified atom stereocenters. The van der Waals surface area contributed by atoms with Crippen LogP contribution in [-0.4, -0.2) is 29.6 Å². The summed E-state index contributed by atoms with van der Waals surface area (Å²) >= 11 is 1.52. The van der Waals surface area contributed by atoms with Crippen LogP contribution in [0.1, 0.15) is 33.3 Å². The summed E-state index contributed by atoms with van der Waals surface area (Å²) in [6, 6.07) is 10.2. The quantitative estimate of drug-likeness (QED) is 0.522. The highest BCUT2D eigenvalue weighted by Crippen LogP contribution is 2.18. The number of ether oxygens (including phenoxy) is 1. The van der Waals surface area contributed by atoms with Crippen molar-refractivity contribution in [1.29, 1.82) is 0 Å². The summed E-state index contributed by atoms with van der Waals surface area (Å²) in [5, 5.41) is 0.905. The Kier molecular flexibility index (Phi) is 4.63. The van der Waals surface area contributed by atoms with E-state index in [1.54, 1.807) is 37.3 Å². The van der Waals surface area contributed by atoms with E-state index in [1.165, 1.54) is 11.8 Å². The van der Waals surface area contributed by atoms with Gasteiger partial charge in [0.2, 0.25) is 5.78 Å².